The maximum atomic E-state index is 13.5. The monoisotopic (exact) mass is 441 g/mol. The lowest BCUT2D eigenvalue weighted by Gasteiger charge is -2.21. The molecule has 6 heteroatoms. The van der Waals surface area contributed by atoms with Crippen LogP contribution in [-0.4, -0.2) is 22.3 Å². The maximum absolute atomic E-state index is 13.5. The smallest absolute Gasteiger partial charge is 0.290 e. The molecule has 0 spiro atoms. The minimum atomic E-state index is -0.273. The van der Waals surface area contributed by atoms with Crippen molar-refractivity contribution in [3.8, 4) is 0 Å². The minimum absolute atomic E-state index is 0.173. The van der Waals surface area contributed by atoms with Crippen LogP contribution in [0.25, 0.3) is 0 Å². The second-order valence-electron chi connectivity index (χ2n) is 8.65. The van der Waals surface area contributed by atoms with Gasteiger partial charge in [0.25, 0.3) is 5.91 Å². The number of carbonyl (C=O) groups is 1. The summed E-state index contributed by atoms with van der Waals surface area (Å²) >= 11 is 0. The zero-order valence-corrected chi connectivity index (χ0v) is 18.6. The third-order valence-corrected chi connectivity index (χ3v) is 6.20. The van der Waals surface area contributed by atoms with E-state index in [-0.39, 0.29) is 29.7 Å². The summed E-state index contributed by atoms with van der Waals surface area (Å²) in [5, 5.41) is 0. The van der Waals surface area contributed by atoms with Crippen molar-refractivity contribution in [3.63, 3.8) is 0 Å². The van der Waals surface area contributed by atoms with Crippen LogP contribution in [0.4, 0.5) is 0 Å². The van der Waals surface area contributed by atoms with Gasteiger partial charge in [0.1, 0.15) is 18.1 Å². The molecule has 2 N–H and O–H groups in total. The first kappa shape index (κ1) is 21.2. The molecule has 1 saturated heterocycles. The fraction of sp³-hybridized carbons (Fsp3) is 0.259. The van der Waals surface area contributed by atoms with Crippen molar-refractivity contribution in [2.75, 3.05) is 6.54 Å². The number of oxazole rings is 1. The molecule has 0 bridgehead atoms. The number of hydrogen-bond donors (Lipinski definition) is 1. The van der Waals surface area contributed by atoms with E-state index in [1.807, 2.05) is 48.2 Å². The minimum Gasteiger partial charge on any atom is -0.454 e. The quantitative estimate of drug-likeness (QED) is 0.442. The van der Waals surface area contributed by atoms with Gasteiger partial charge >= 0.3 is 0 Å². The van der Waals surface area contributed by atoms with Crippen molar-refractivity contribution in [2.45, 2.75) is 37.8 Å². The number of nitrogens with zero attached hydrogens (tertiary/aromatic N) is 2. The van der Waals surface area contributed by atoms with Crippen LogP contribution in [0.5, 0.6) is 0 Å². The Morgan fingerprint density at radius 3 is 2.52 bits per heavy atom. The van der Waals surface area contributed by atoms with Gasteiger partial charge in [-0.3, -0.25) is 4.79 Å². The number of furan rings is 1. The van der Waals surface area contributed by atoms with Crippen LogP contribution in [0.15, 0.2) is 87.9 Å². The van der Waals surface area contributed by atoms with E-state index in [2.05, 4.69) is 24.3 Å². The predicted molar refractivity (Wildman–Crippen MR) is 125 cm³/mol. The molecule has 3 atom stereocenters. The van der Waals surface area contributed by atoms with Crippen molar-refractivity contribution in [3.05, 3.63) is 113 Å². The van der Waals surface area contributed by atoms with Gasteiger partial charge in [-0.2, -0.15) is 0 Å². The van der Waals surface area contributed by atoms with Gasteiger partial charge in [0.2, 0.25) is 5.89 Å². The summed E-state index contributed by atoms with van der Waals surface area (Å²) in [6.07, 6.45) is 3.12. The molecule has 0 aliphatic carbocycles. The highest BCUT2D eigenvalue weighted by Crippen LogP contribution is 2.41. The van der Waals surface area contributed by atoms with Gasteiger partial charge in [-0.15, -0.1) is 0 Å². The van der Waals surface area contributed by atoms with Crippen molar-refractivity contribution < 1.29 is 13.6 Å². The number of aromatic nitrogens is 1. The Labute approximate surface area is 193 Å². The van der Waals surface area contributed by atoms with Crippen LogP contribution < -0.4 is 5.73 Å². The van der Waals surface area contributed by atoms with Crippen LogP contribution in [0.2, 0.25) is 0 Å². The molecule has 0 radical (unpaired) electrons. The standard InChI is InChI=1S/C27H27N3O3/c1-18(28)24-12-13-25(33-24)27(31)30-16-21(20-10-6-3-7-11-20)15-23(30)26-29-22(17-32-26)14-19-8-4-2-5-9-19/h2-13,17-18,21,23H,14-16,28H2,1H3/t18-,21-,23-/m0/s1. The molecular weight excluding hydrogens is 414 g/mol. The van der Waals surface area contributed by atoms with Crippen LogP contribution >= 0.6 is 0 Å². The zero-order valence-electron chi connectivity index (χ0n) is 18.6. The summed E-state index contributed by atoms with van der Waals surface area (Å²) in [6.45, 7) is 2.40. The number of rotatable bonds is 6. The molecule has 0 saturated carbocycles. The average molecular weight is 442 g/mol. The number of hydrogen-bond acceptors (Lipinski definition) is 5. The summed E-state index contributed by atoms with van der Waals surface area (Å²) in [7, 11) is 0. The van der Waals surface area contributed by atoms with Crippen molar-refractivity contribution in [1.29, 1.82) is 0 Å². The second kappa shape index (κ2) is 9.08. The number of likely N-dealkylation sites (tertiary alicyclic amines) is 1. The summed E-state index contributed by atoms with van der Waals surface area (Å²) in [6, 6.07) is 23.3. The first-order valence-electron chi connectivity index (χ1n) is 11.3. The molecule has 2 aromatic heterocycles. The summed E-state index contributed by atoms with van der Waals surface area (Å²) in [5.74, 6) is 1.46. The highest BCUT2D eigenvalue weighted by atomic mass is 16.4. The first-order chi connectivity index (χ1) is 16.1. The van der Waals surface area contributed by atoms with E-state index in [1.165, 1.54) is 5.56 Å². The molecule has 33 heavy (non-hydrogen) atoms. The van der Waals surface area contributed by atoms with E-state index < -0.39 is 0 Å². The fourth-order valence-corrected chi connectivity index (χ4v) is 4.48. The van der Waals surface area contributed by atoms with Gasteiger partial charge in [0, 0.05) is 18.9 Å². The molecule has 5 rings (SSSR count). The molecule has 1 amide bonds. The molecule has 1 fully saturated rings. The van der Waals surface area contributed by atoms with Gasteiger partial charge in [-0.25, -0.2) is 4.98 Å². The highest BCUT2D eigenvalue weighted by molar-refractivity contribution is 5.92. The zero-order chi connectivity index (χ0) is 22.8. The molecule has 4 aromatic rings. The lowest BCUT2D eigenvalue weighted by molar-refractivity contribution is 0.0679. The predicted octanol–water partition coefficient (Wildman–Crippen LogP) is 5.25. The highest BCUT2D eigenvalue weighted by Gasteiger charge is 2.40. The molecule has 6 nitrogen and oxygen atoms in total. The van der Waals surface area contributed by atoms with Gasteiger partial charge in [-0.05, 0) is 36.6 Å². The van der Waals surface area contributed by atoms with Gasteiger partial charge < -0.3 is 19.5 Å². The Kier molecular flexibility index (Phi) is 5.84. The average Bonchev–Trinajstić information content (AvgIpc) is 3.59. The van der Waals surface area contributed by atoms with Crippen molar-refractivity contribution in [2.24, 2.45) is 5.73 Å². The normalized spacial score (nSPS) is 19.0. The van der Waals surface area contributed by atoms with E-state index in [0.717, 1.165) is 17.7 Å². The van der Waals surface area contributed by atoms with E-state index in [0.29, 0.717) is 24.6 Å². The molecule has 1 aliphatic heterocycles. The van der Waals surface area contributed by atoms with Crippen molar-refractivity contribution >= 4 is 5.91 Å². The van der Waals surface area contributed by atoms with E-state index in [1.54, 1.807) is 18.4 Å². The SMILES string of the molecule is C[C@H](N)c1ccc(C(=O)N2C[C@@H](c3ccccc3)C[C@H]2c2nc(Cc3ccccc3)co2)o1. The summed E-state index contributed by atoms with van der Waals surface area (Å²) < 4.78 is 11.7. The molecule has 2 aromatic carbocycles. The van der Waals surface area contributed by atoms with Crippen LogP contribution in [-0.2, 0) is 6.42 Å². The number of nitrogens with two attached hydrogens (primary N) is 1. The third kappa shape index (κ3) is 4.47. The number of benzene rings is 2. The molecule has 168 valence electrons. The molecule has 1 aliphatic rings. The van der Waals surface area contributed by atoms with Gasteiger partial charge in [0.05, 0.1) is 11.7 Å². The molecular formula is C27H27N3O3. The van der Waals surface area contributed by atoms with Crippen LogP contribution in [0.3, 0.4) is 0 Å². The Hall–Kier alpha value is -3.64. The van der Waals surface area contributed by atoms with Crippen molar-refractivity contribution in [1.82, 2.24) is 9.88 Å². The topological polar surface area (TPSA) is 85.5 Å². The third-order valence-electron chi connectivity index (χ3n) is 6.20. The van der Waals surface area contributed by atoms with Crippen LogP contribution in [0.1, 0.15) is 70.4 Å². The lowest BCUT2D eigenvalue weighted by atomic mass is 9.96. The van der Waals surface area contributed by atoms with Gasteiger partial charge in [0.15, 0.2) is 5.76 Å². The Bertz CT molecular complexity index is 1210. The van der Waals surface area contributed by atoms with E-state index in [4.69, 9.17) is 19.6 Å². The fourth-order valence-electron chi connectivity index (χ4n) is 4.48. The number of carbonyl (C=O) groups excluding carboxylic acids is 1. The van der Waals surface area contributed by atoms with Gasteiger partial charge in [-0.1, -0.05) is 60.7 Å². The molecule has 3 heterocycles. The van der Waals surface area contributed by atoms with Crippen LogP contribution in [0, 0.1) is 0 Å². The summed E-state index contributed by atoms with van der Waals surface area (Å²) in [4.78, 5) is 20.0. The Balaban J connectivity index is 1.43. The number of amides is 1. The lowest BCUT2D eigenvalue weighted by Crippen LogP contribution is -2.31. The Morgan fingerprint density at radius 2 is 1.82 bits per heavy atom. The summed E-state index contributed by atoms with van der Waals surface area (Å²) in [5.41, 5.74) is 9.13. The second-order valence-corrected chi connectivity index (χ2v) is 8.65. The molecule has 0 unspecified atom stereocenters. The van der Waals surface area contributed by atoms with E-state index in [9.17, 15) is 4.79 Å². The largest absolute Gasteiger partial charge is 0.454 e. The first-order valence-corrected chi connectivity index (χ1v) is 11.3. The maximum Gasteiger partial charge on any atom is 0.290 e. The Morgan fingerprint density at radius 1 is 1.09 bits per heavy atom. The van der Waals surface area contributed by atoms with E-state index >= 15 is 0 Å².